The summed E-state index contributed by atoms with van der Waals surface area (Å²) >= 11 is 0. The molecule has 0 radical (unpaired) electrons. The van der Waals surface area contributed by atoms with Gasteiger partial charge in [0.15, 0.2) is 0 Å². The fourth-order valence-electron chi connectivity index (χ4n) is 2.08. The van der Waals surface area contributed by atoms with Crippen LogP contribution in [-0.2, 0) is 14.3 Å². The van der Waals surface area contributed by atoms with Gasteiger partial charge >= 0.3 is 5.97 Å². The molecule has 5 heteroatoms. The number of methoxy groups -OCH3 is 2. The van der Waals surface area contributed by atoms with Gasteiger partial charge in [-0.1, -0.05) is 0 Å². The van der Waals surface area contributed by atoms with Gasteiger partial charge in [0.1, 0.15) is 6.04 Å². The van der Waals surface area contributed by atoms with E-state index >= 15 is 0 Å². The van der Waals surface area contributed by atoms with Crippen molar-refractivity contribution in [2.45, 2.75) is 18.9 Å². The number of esters is 1. The zero-order valence-corrected chi connectivity index (χ0v) is 10.1. The first-order valence-corrected chi connectivity index (χ1v) is 5.72. The number of piperidine rings is 1. The van der Waals surface area contributed by atoms with Crippen molar-refractivity contribution in [3.05, 3.63) is 0 Å². The molecule has 1 heterocycles. The van der Waals surface area contributed by atoms with Gasteiger partial charge in [-0.05, 0) is 31.8 Å². The lowest BCUT2D eigenvalue weighted by Gasteiger charge is -2.32. The quantitative estimate of drug-likeness (QED) is 0.665. The molecular formula is C11H22N2O3. The van der Waals surface area contributed by atoms with Crippen LogP contribution in [0.5, 0.6) is 0 Å². The molecule has 16 heavy (non-hydrogen) atoms. The van der Waals surface area contributed by atoms with Crippen molar-refractivity contribution in [2.75, 3.05) is 40.5 Å². The summed E-state index contributed by atoms with van der Waals surface area (Å²) in [7, 11) is 3.10. The molecule has 5 nitrogen and oxygen atoms in total. The minimum atomic E-state index is -0.524. The summed E-state index contributed by atoms with van der Waals surface area (Å²) in [5, 5.41) is 0. The molecule has 1 aliphatic heterocycles. The fourth-order valence-corrected chi connectivity index (χ4v) is 2.08. The van der Waals surface area contributed by atoms with Crippen LogP contribution in [0, 0.1) is 5.92 Å². The monoisotopic (exact) mass is 230 g/mol. The van der Waals surface area contributed by atoms with Gasteiger partial charge in [0, 0.05) is 20.3 Å². The molecule has 0 bridgehead atoms. The van der Waals surface area contributed by atoms with E-state index in [0.717, 1.165) is 32.5 Å². The summed E-state index contributed by atoms with van der Waals surface area (Å²) in [6.07, 6.45) is 2.23. The smallest absolute Gasteiger partial charge is 0.323 e. The molecule has 0 aliphatic carbocycles. The third kappa shape index (κ3) is 4.08. The average molecular weight is 230 g/mol. The first kappa shape index (κ1) is 13.4. The summed E-state index contributed by atoms with van der Waals surface area (Å²) in [6.45, 7) is 3.39. The van der Waals surface area contributed by atoms with Crippen LogP contribution in [0.2, 0.25) is 0 Å². The molecule has 0 amide bonds. The van der Waals surface area contributed by atoms with Crippen LogP contribution >= 0.6 is 0 Å². The van der Waals surface area contributed by atoms with Crippen molar-refractivity contribution >= 4 is 5.97 Å². The maximum absolute atomic E-state index is 11.2. The molecule has 1 fully saturated rings. The molecular weight excluding hydrogens is 208 g/mol. The molecule has 1 unspecified atom stereocenters. The molecule has 1 atom stereocenters. The molecule has 0 aromatic carbocycles. The molecule has 1 saturated heterocycles. The highest BCUT2D eigenvalue weighted by molar-refractivity contribution is 5.75. The zero-order valence-electron chi connectivity index (χ0n) is 10.1. The van der Waals surface area contributed by atoms with Crippen molar-refractivity contribution in [1.29, 1.82) is 0 Å². The van der Waals surface area contributed by atoms with Crippen molar-refractivity contribution in [1.82, 2.24) is 4.90 Å². The van der Waals surface area contributed by atoms with Crippen molar-refractivity contribution in [3.8, 4) is 0 Å². The van der Waals surface area contributed by atoms with E-state index in [9.17, 15) is 4.79 Å². The van der Waals surface area contributed by atoms with Crippen molar-refractivity contribution in [2.24, 2.45) is 11.7 Å². The molecule has 0 aromatic rings. The second-order valence-electron chi connectivity index (χ2n) is 4.33. The van der Waals surface area contributed by atoms with Crippen LogP contribution in [-0.4, -0.2) is 57.4 Å². The summed E-state index contributed by atoms with van der Waals surface area (Å²) in [6, 6.07) is -0.524. The Bertz CT molecular complexity index is 215. The Morgan fingerprint density at radius 1 is 1.44 bits per heavy atom. The van der Waals surface area contributed by atoms with Gasteiger partial charge in [0.2, 0.25) is 0 Å². The third-order valence-electron chi connectivity index (χ3n) is 3.07. The van der Waals surface area contributed by atoms with Gasteiger partial charge in [-0.25, -0.2) is 0 Å². The van der Waals surface area contributed by atoms with E-state index in [1.807, 2.05) is 0 Å². The Morgan fingerprint density at radius 2 is 2.06 bits per heavy atom. The van der Waals surface area contributed by atoms with Gasteiger partial charge in [0.25, 0.3) is 0 Å². The summed E-state index contributed by atoms with van der Waals surface area (Å²) in [4.78, 5) is 13.4. The van der Waals surface area contributed by atoms with E-state index in [1.54, 1.807) is 7.11 Å². The van der Waals surface area contributed by atoms with E-state index in [0.29, 0.717) is 12.5 Å². The molecule has 0 saturated carbocycles. The number of carbonyl (C=O) groups excluding carboxylic acids is 1. The Morgan fingerprint density at radius 3 is 2.56 bits per heavy atom. The number of rotatable bonds is 5. The first-order chi connectivity index (χ1) is 7.67. The lowest BCUT2D eigenvalue weighted by molar-refractivity contribution is -0.142. The average Bonchev–Trinajstić information content (AvgIpc) is 2.31. The van der Waals surface area contributed by atoms with Gasteiger partial charge in [-0.15, -0.1) is 0 Å². The van der Waals surface area contributed by atoms with E-state index in [-0.39, 0.29) is 5.97 Å². The van der Waals surface area contributed by atoms with E-state index in [1.165, 1.54) is 7.11 Å². The number of hydrogen-bond acceptors (Lipinski definition) is 5. The van der Waals surface area contributed by atoms with E-state index < -0.39 is 6.04 Å². The number of ether oxygens (including phenoxy) is 2. The molecule has 2 N–H and O–H groups in total. The SMILES string of the molecule is COCC1CCN(CC(N)C(=O)OC)CC1. The predicted molar refractivity (Wildman–Crippen MR) is 61.0 cm³/mol. The Balaban J connectivity index is 2.24. The molecule has 1 rings (SSSR count). The van der Waals surface area contributed by atoms with Gasteiger partial charge < -0.3 is 20.1 Å². The highest BCUT2D eigenvalue weighted by atomic mass is 16.5. The van der Waals surface area contributed by atoms with Crippen LogP contribution in [0.1, 0.15) is 12.8 Å². The van der Waals surface area contributed by atoms with Crippen LogP contribution in [0.4, 0.5) is 0 Å². The van der Waals surface area contributed by atoms with Crippen molar-refractivity contribution < 1.29 is 14.3 Å². The number of likely N-dealkylation sites (tertiary alicyclic amines) is 1. The molecule has 94 valence electrons. The van der Waals surface area contributed by atoms with Crippen LogP contribution < -0.4 is 5.73 Å². The highest BCUT2D eigenvalue weighted by Crippen LogP contribution is 2.17. The van der Waals surface area contributed by atoms with Gasteiger partial charge in [0.05, 0.1) is 7.11 Å². The van der Waals surface area contributed by atoms with Gasteiger partial charge in [-0.3, -0.25) is 4.79 Å². The number of carbonyl (C=O) groups is 1. The second-order valence-corrected chi connectivity index (χ2v) is 4.33. The van der Waals surface area contributed by atoms with E-state index in [2.05, 4.69) is 9.64 Å². The standard InChI is InChI=1S/C11H22N2O3/c1-15-8-9-3-5-13(6-4-9)7-10(12)11(14)16-2/h9-10H,3-8,12H2,1-2H3. The summed E-state index contributed by atoms with van der Waals surface area (Å²) in [5.74, 6) is 0.314. The fraction of sp³-hybridized carbons (Fsp3) is 0.909. The van der Waals surface area contributed by atoms with E-state index in [4.69, 9.17) is 10.5 Å². The lowest BCUT2D eigenvalue weighted by atomic mass is 9.97. The predicted octanol–water partition coefficient (Wildman–Crippen LogP) is -0.155. The molecule has 1 aliphatic rings. The normalized spacial score (nSPS) is 20.7. The minimum absolute atomic E-state index is 0.334. The molecule has 0 spiro atoms. The summed E-state index contributed by atoms with van der Waals surface area (Å²) in [5.41, 5.74) is 5.71. The number of nitrogens with zero attached hydrogens (tertiary/aromatic N) is 1. The van der Waals surface area contributed by atoms with Crippen LogP contribution in [0.25, 0.3) is 0 Å². The van der Waals surface area contributed by atoms with Gasteiger partial charge in [-0.2, -0.15) is 0 Å². The third-order valence-corrected chi connectivity index (χ3v) is 3.07. The minimum Gasteiger partial charge on any atom is -0.468 e. The maximum atomic E-state index is 11.2. The largest absolute Gasteiger partial charge is 0.468 e. The lowest BCUT2D eigenvalue weighted by Crippen LogP contribution is -2.46. The van der Waals surface area contributed by atoms with Crippen molar-refractivity contribution in [3.63, 3.8) is 0 Å². The highest BCUT2D eigenvalue weighted by Gasteiger charge is 2.23. The summed E-state index contributed by atoms with van der Waals surface area (Å²) < 4.78 is 9.74. The number of nitrogens with two attached hydrogens (primary N) is 1. The Kier molecular flexibility index (Phi) is 5.73. The first-order valence-electron chi connectivity index (χ1n) is 5.72. The number of hydrogen-bond donors (Lipinski definition) is 1. The second kappa shape index (κ2) is 6.83. The Labute approximate surface area is 96.9 Å². The maximum Gasteiger partial charge on any atom is 0.323 e. The van der Waals surface area contributed by atoms with Crippen LogP contribution in [0.3, 0.4) is 0 Å². The zero-order chi connectivity index (χ0) is 12.0. The topological polar surface area (TPSA) is 64.8 Å². The van der Waals surface area contributed by atoms with Crippen LogP contribution in [0.15, 0.2) is 0 Å². The molecule has 0 aromatic heterocycles. The Hall–Kier alpha value is -0.650.